The van der Waals surface area contributed by atoms with Gasteiger partial charge in [0.05, 0.1) is 25.4 Å². The van der Waals surface area contributed by atoms with Crippen LogP contribution in [0.4, 0.5) is 0 Å². The molecule has 3 N–H and O–H groups in total. The number of aliphatic hydroxyl groups is 2. The Labute approximate surface area is 546 Å². The number of esters is 1. The highest BCUT2D eigenvalue weighted by atomic mass is 16.5. The zero-order valence-corrected chi connectivity index (χ0v) is 59.5. The van der Waals surface area contributed by atoms with Gasteiger partial charge >= 0.3 is 5.97 Å². The molecule has 2 atom stereocenters. The fraction of sp³-hybridized carbons (Fsp3) is 0.951. The molecule has 6 heteroatoms. The van der Waals surface area contributed by atoms with E-state index in [-0.39, 0.29) is 18.5 Å². The van der Waals surface area contributed by atoms with Crippen molar-refractivity contribution in [1.82, 2.24) is 5.32 Å². The van der Waals surface area contributed by atoms with Gasteiger partial charge in [-0.3, -0.25) is 9.59 Å². The average molecular weight is 1230 g/mol. The molecular weight excluding hydrogens is 1070 g/mol. The average Bonchev–Trinajstić information content (AvgIpc) is 3.52. The second kappa shape index (κ2) is 77.1. The molecule has 2 unspecified atom stereocenters. The highest BCUT2D eigenvalue weighted by molar-refractivity contribution is 5.76. The van der Waals surface area contributed by atoms with Crippen LogP contribution in [-0.4, -0.2) is 47.4 Å². The van der Waals surface area contributed by atoms with Gasteiger partial charge in [-0.1, -0.05) is 437 Å². The maximum atomic E-state index is 12.5. The molecule has 0 bridgehead atoms. The Morgan fingerprint density at radius 3 is 0.782 bits per heavy atom. The number of amides is 1. The fourth-order valence-electron chi connectivity index (χ4n) is 13.2. The van der Waals surface area contributed by atoms with Crippen molar-refractivity contribution in [3.05, 3.63) is 12.2 Å². The van der Waals surface area contributed by atoms with Gasteiger partial charge in [-0.05, 0) is 32.1 Å². The molecule has 0 fully saturated rings. The lowest BCUT2D eigenvalue weighted by atomic mass is 10.0. The fourth-order valence-corrected chi connectivity index (χ4v) is 13.2. The third-order valence-electron chi connectivity index (χ3n) is 19.3. The number of nitrogens with one attached hydrogen (secondary N) is 1. The molecule has 0 aliphatic carbocycles. The number of carbonyl (C=O) groups excluding carboxylic acids is 2. The summed E-state index contributed by atoms with van der Waals surface area (Å²) in [5, 5.41) is 23.2. The first-order valence-corrected chi connectivity index (χ1v) is 40.5. The van der Waals surface area contributed by atoms with Crippen molar-refractivity contribution in [2.75, 3.05) is 13.2 Å². The highest BCUT2D eigenvalue weighted by Crippen LogP contribution is 2.20. The van der Waals surface area contributed by atoms with E-state index in [2.05, 4.69) is 19.2 Å². The molecule has 6 nitrogen and oxygen atoms in total. The normalized spacial score (nSPS) is 12.5. The SMILES string of the molecule is CCCCCCCCCCCCCCCC/C=C/C(O)C(CO)NC(=O)CCCCCCCCCCCCCCCCCCCCCCCCCCCCCCCCCCCCCOC(=O)CCCCCCCCCCCCCCCCCCCCC. The van der Waals surface area contributed by atoms with E-state index >= 15 is 0 Å². The van der Waals surface area contributed by atoms with Gasteiger partial charge in [0.1, 0.15) is 0 Å². The van der Waals surface area contributed by atoms with Crippen molar-refractivity contribution < 1.29 is 24.5 Å². The van der Waals surface area contributed by atoms with Crippen molar-refractivity contribution in [3.8, 4) is 0 Å². The first-order chi connectivity index (χ1) is 43.0. The van der Waals surface area contributed by atoms with Crippen LogP contribution < -0.4 is 5.32 Å². The predicted molar refractivity (Wildman–Crippen MR) is 384 cm³/mol. The lowest BCUT2D eigenvalue weighted by Crippen LogP contribution is -2.45. The molecule has 518 valence electrons. The Bertz CT molecular complexity index is 1320. The summed E-state index contributed by atoms with van der Waals surface area (Å²) in [6, 6.07) is -0.623. The van der Waals surface area contributed by atoms with Crippen molar-refractivity contribution in [1.29, 1.82) is 0 Å². The van der Waals surface area contributed by atoms with Crippen LogP contribution in [0.3, 0.4) is 0 Å². The summed E-state index contributed by atoms with van der Waals surface area (Å²) >= 11 is 0. The Balaban J connectivity index is 3.30. The molecule has 0 saturated heterocycles. The van der Waals surface area contributed by atoms with Crippen molar-refractivity contribution in [3.63, 3.8) is 0 Å². The summed E-state index contributed by atoms with van der Waals surface area (Å²) < 4.78 is 5.53. The number of carbonyl (C=O) groups is 2. The summed E-state index contributed by atoms with van der Waals surface area (Å²) in [4.78, 5) is 24.6. The van der Waals surface area contributed by atoms with Gasteiger partial charge < -0.3 is 20.3 Å². The molecule has 0 spiro atoms. The van der Waals surface area contributed by atoms with Crippen molar-refractivity contribution >= 4 is 11.9 Å². The zero-order valence-electron chi connectivity index (χ0n) is 59.5. The molecule has 0 aliphatic rings. The smallest absolute Gasteiger partial charge is 0.305 e. The maximum absolute atomic E-state index is 12.5. The molecule has 0 saturated carbocycles. The second-order valence-corrected chi connectivity index (χ2v) is 28.1. The van der Waals surface area contributed by atoms with E-state index < -0.39 is 12.1 Å². The molecule has 0 rings (SSSR count). The molecule has 0 aromatic rings. The Morgan fingerprint density at radius 1 is 0.310 bits per heavy atom. The molecule has 1 amide bonds. The van der Waals surface area contributed by atoms with Gasteiger partial charge in [0.25, 0.3) is 0 Å². The van der Waals surface area contributed by atoms with Gasteiger partial charge in [-0.15, -0.1) is 0 Å². The number of hydrogen-bond acceptors (Lipinski definition) is 5. The van der Waals surface area contributed by atoms with Crippen LogP contribution in [0.1, 0.15) is 470 Å². The summed E-state index contributed by atoms with van der Waals surface area (Å²) in [6.07, 6.45) is 97.8. The Kier molecular flexibility index (Phi) is 75.8. The largest absolute Gasteiger partial charge is 0.466 e. The van der Waals surface area contributed by atoms with Crippen LogP contribution in [0.2, 0.25) is 0 Å². The van der Waals surface area contributed by atoms with Crippen LogP contribution in [-0.2, 0) is 14.3 Å². The van der Waals surface area contributed by atoms with Gasteiger partial charge in [-0.2, -0.15) is 0 Å². The monoisotopic (exact) mass is 1230 g/mol. The van der Waals surface area contributed by atoms with Gasteiger partial charge in [0.15, 0.2) is 0 Å². The van der Waals surface area contributed by atoms with E-state index in [4.69, 9.17) is 4.74 Å². The number of hydrogen-bond donors (Lipinski definition) is 3. The minimum absolute atomic E-state index is 0.0284. The molecule has 0 aliphatic heterocycles. The lowest BCUT2D eigenvalue weighted by Gasteiger charge is -2.20. The number of unbranched alkanes of at least 4 members (excludes halogenated alkanes) is 66. The van der Waals surface area contributed by atoms with Gasteiger partial charge in [-0.25, -0.2) is 0 Å². The van der Waals surface area contributed by atoms with Gasteiger partial charge in [0.2, 0.25) is 5.91 Å². The first kappa shape index (κ1) is 85.6. The number of ether oxygens (including phenoxy) is 1. The van der Waals surface area contributed by atoms with Crippen molar-refractivity contribution in [2.45, 2.75) is 482 Å². The molecule has 0 aromatic carbocycles. The van der Waals surface area contributed by atoms with Crippen molar-refractivity contribution in [2.24, 2.45) is 0 Å². The number of allylic oxidation sites excluding steroid dienone is 1. The van der Waals surface area contributed by atoms with E-state index in [1.54, 1.807) is 6.08 Å². The molecular formula is C81H159NO5. The summed E-state index contributed by atoms with van der Waals surface area (Å²) in [5.74, 6) is -0.0303. The summed E-state index contributed by atoms with van der Waals surface area (Å²) in [6.45, 7) is 4.96. The third-order valence-corrected chi connectivity index (χ3v) is 19.3. The van der Waals surface area contributed by atoms with E-state index in [0.29, 0.717) is 19.4 Å². The van der Waals surface area contributed by atoms with Crippen LogP contribution in [0, 0.1) is 0 Å². The van der Waals surface area contributed by atoms with Crippen LogP contribution in [0.15, 0.2) is 12.2 Å². The Morgan fingerprint density at radius 2 is 0.529 bits per heavy atom. The van der Waals surface area contributed by atoms with E-state index in [1.165, 1.54) is 405 Å². The topological polar surface area (TPSA) is 95.9 Å². The molecule has 87 heavy (non-hydrogen) atoms. The minimum atomic E-state index is -0.840. The molecule has 0 heterocycles. The first-order valence-electron chi connectivity index (χ1n) is 40.5. The third kappa shape index (κ3) is 73.5. The zero-order chi connectivity index (χ0) is 62.8. The van der Waals surface area contributed by atoms with Gasteiger partial charge in [0, 0.05) is 12.8 Å². The summed E-state index contributed by atoms with van der Waals surface area (Å²) in [7, 11) is 0. The second-order valence-electron chi connectivity index (χ2n) is 28.1. The van der Waals surface area contributed by atoms with Crippen LogP contribution >= 0.6 is 0 Å². The molecule has 0 radical (unpaired) electrons. The summed E-state index contributed by atoms with van der Waals surface area (Å²) in [5.41, 5.74) is 0. The number of aliphatic hydroxyl groups excluding tert-OH is 2. The quantitative estimate of drug-likeness (QED) is 0.0320. The predicted octanol–water partition coefficient (Wildman–Crippen LogP) is 26.7. The number of rotatable bonds is 77. The van der Waals surface area contributed by atoms with Crippen LogP contribution in [0.25, 0.3) is 0 Å². The maximum Gasteiger partial charge on any atom is 0.305 e. The lowest BCUT2D eigenvalue weighted by molar-refractivity contribution is -0.143. The van der Waals surface area contributed by atoms with E-state index in [1.807, 2.05) is 6.08 Å². The van der Waals surface area contributed by atoms with Crippen LogP contribution in [0.5, 0.6) is 0 Å². The standard InChI is InChI=1S/C81H159NO5/c1-3-5-7-9-11-13-15-17-19-21-39-43-47-51-55-59-63-67-71-75-81(86)87-76-72-68-64-60-56-52-48-44-41-38-36-34-32-30-28-26-24-22-23-25-27-29-31-33-35-37-40-42-46-50-54-58-62-66-70-74-80(85)82-78(77-83)79(84)73-69-65-61-57-53-49-45-20-18-16-14-12-10-8-6-4-2/h69,73,78-79,83-84H,3-68,70-72,74-77H2,1-2H3,(H,82,85)/b73-69+. The van der Waals surface area contributed by atoms with E-state index in [0.717, 1.165) is 38.5 Å². The molecule has 0 aromatic heterocycles. The highest BCUT2D eigenvalue weighted by Gasteiger charge is 2.18. The minimum Gasteiger partial charge on any atom is -0.466 e. The van der Waals surface area contributed by atoms with E-state index in [9.17, 15) is 19.8 Å². The Hall–Kier alpha value is -1.40.